The molecule has 0 saturated carbocycles. The second-order valence-electron chi connectivity index (χ2n) is 6.14. The molecule has 3 heterocycles. The second kappa shape index (κ2) is 7.12. The lowest BCUT2D eigenvalue weighted by Crippen LogP contribution is -2.29. The van der Waals surface area contributed by atoms with Crippen molar-refractivity contribution in [2.45, 2.75) is 39.0 Å². The maximum absolute atomic E-state index is 12.3. The number of unbranched alkanes of at least 4 members (excludes halogenated alkanes) is 1. The van der Waals surface area contributed by atoms with E-state index in [-0.39, 0.29) is 18.3 Å². The highest BCUT2D eigenvalue weighted by Gasteiger charge is 2.32. The van der Waals surface area contributed by atoms with Crippen LogP contribution in [0.5, 0.6) is 6.01 Å². The van der Waals surface area contributed by atoms with Crippen LogP contribution in [0.2, 0.25) is 0 Å². The minimum absolute atomic E-state index is 0.0330. The van der Waals surface area contributed by atoms with Crippen molar-refractivity contribution in [2.24, 2.45) is 5.92 Å². The first-order valence-corrected chi connectivity index (χ1v) is 8.36. The maximum Gasteiger partial charge on any atom is 0.320 e. The molecule has 1 saturated heterocycles. The summed E-state index contributed by atoms with van der Waals surface area (Å²) in [6.07, 6.45) is 4.23. The molecule has 0 aromatic carbocycles. The lowest BCUT2D eigenvalue weighted by Gasteiger charge is -2.18. The quantitative estimate of drug-likeness (QED) is 0.767. The minimum Gasteiger partial charge on any atom is -0.463 e. The van der Waals surface area contributed by atoms with Crippen molar-refractivity contribution in [3.05, 3.63) is 5.56 Å². The summed E-state index contributed by atoms with van der Waals surface area (Å²) in [6, 6.07) is 0.263. The van der Waals surface area contributed by atoms with Crippen molar-refractivity contribution >= 4 is 17.5 Å². The van der Waals surface area contributed by atoms with Crippen molar-refractivity contribution in [1.82, 2.24) is 9.97 Å². The molecule has 1 fully saturated rings. The number of rotatable bonds is 7. The van der Waals surface area contributed by atoms with E-state index < -0.39 is 0 Å². The van der Waals surface area contributed by atoms with Crippen molar-refractivity contribution < 1.29 is 14.3 Å². The molecule has 0 radical (unpaired) electrons. The SMILES string of the molecule is CCCCOc1nc(N)c2c(n1)N(CC[C@@H]1CCOC1)C(=O)C2. The summed E-state index contributed by atoms with van der Waals surface area (Å²) in [5, 5.41) is 0. The molecular formula is C16H24N4O3. The number of aromatic nitrogens is 2. The number of anilines is 2. The van der Waals surface area contributed by atoms with E-state index in [1.807, 2.05) is 0 Å². The van der Waals surface area contributed by atoms with Crippen molar-refractivity contribution in [1.29, 1.82) is 0 Å². The molecule has 126 valence electrons. The molecule has 0 spiro atoms. The minimum atomic E-state index is 0.0330. The molecule has 7 nitrogen and oxygen atoms in total. The monoisotopic (exact) mass is 320 g/mol. The van der Waals surface area contributed by atoms with Crippen LogP contribution in [0.25, 0.3) is 0 Å². The molecule has 1 atom stereocenters. The van der Waals surface area contributed by atoms with E-state index in [1.165, 1.54) is 0 Å². The highest BCUT2D eigenvalue weighted by molar-refractivity contribution is 6.01. The Morgan fingerprint density at radius 3 is 3.04 bits per heavy atom. The third-order valence-corrected chi connectivity index (χ3v) is 4.40. The zero-order valence-electron chi connectivity index (χ0n) is 13.6. The summed E-state index contributed by atoms with van der Waals surface area (Å²) in [6.45, 7) is 4.90. The van der Waals surface area contributed by atoms with Gasteiger partial charge in [0.2, 0.25) is 5.91 Å². The molecule has 2 aliphatic rings. The number of ether oxygens (including phenoxy) is 2. The van der Waals surface area contributed by atoms with E-state index >= 15 is 0 Å². The van der Waals surface area contributed by atoms with Gasteiger partial charge in [0, 0.05) is 25.3 Å². The molecule has 2 N–H and O–H groups in total. The number of hydrogen-bond donors (Lipinski definition) is 1. The van der Waals surface area contributed by atoms with Crippen LogP contribution < -0.4 is 15.4 Å². The smallest absolute Gasteiger partial charge is 0.320 e. The van der Waals surface area contributed by atoms with Crippen LogP contribution in [-0.4, -0.2) is 42.2 Å². The Morgan fingerprint density at radius 1 is 1.43 bits per heavy atom. The number of nitrogens with two attached hydrogens (primary N) is 1. The van der Waals surface area contributed by atoms with Gasteiger partial charge in [-0.15, -0.1) is 0 Å². The van der Waals surface area contributed by atoms with Gasteiger partial charge in [0.05, 0.1) is 13.0 Å². The average molecular weight is 320 g/mol. The molecule has 0 aliphatic carbocycles. The summed E-state index contributed by atoms with van der Waals surface area (Å²) in [5.74, 6) is 1.52. The first-order chi connectivity index (χ1) is 11.2. The number of fused-ring (bicyclic) bond motifs is 1. The fourth-order valence-electron chi connectivity index (χ4n) is 2.95. The first-order valence-electron chi connectivity index (χ1n) is 8.36. The fraction of sp³-hybridized carbons (Fsp3) is 0.688. The van der Waals surface area contributed by atoms with Crippen LogP contribution in [0.3, 0.4) is 0 Å². The molecule has 7 heteroatoms. The third-order valence-electron chi connectivity index (χ3n) is 4.40. The largest absolute Gasteiger partial charge is 0.463 e. The number of carbonyl (C=O) groups excluding carboxylic acids is 1. The Hall–Kier alpha value is -1.89. The van der Waals surface area contributed by atoms with Gasteiger partial charge in [0.25, 0.3) is 0 Å². The molecule has 1 aromatic heterocycles. The number of carbonyl (C=O) groups is 1. The molecule has 1 amide bonds. The van der Waals surface area contributed by atoms with Gasteiger partial charge in [-0.3, -0.25) is 9.69 Å². The highest BCUT2D eigenvalue weighted by Crippen LogP contribution is 2.32. The van der Waals surface area contributed by atoms with E-state index in [0.29, 0.717) is 30.7 Å². The molecule has 1 aromatic rings. The van der Waals surface area contributed by atoms with Gasteiger partial charge in [-0.2, -0.15) is 9.97 Å². The van der Waals surface area contributed by atoms with Gasteiger partial charge in [0.1, 0.15) is 11.6 Å². The van der Waals surface area contributed by atoms with Crippen LogP contribution in [0, 0.1) is 5.92 Å². The Morgan fingerprint density at radius 2 is 2.30 bits per heavy atom. The summed E-state index contributed by atoms with van der Waals surface area (Å²) in [7, 11) is 0. The summed E-state index contributed by atoms with van der Waals surface area (Å²) >= 11 is 0. The Labute approximate surface area is 136 Å². The molecule has 23 heavy (non-hydrogen) atoms. The average Bonchev–Trinajstić information content (AvgIpc) is 3.14. The highest BCUT2D eigenvalue weighted by atomic mass is 16.5. The summed E-state index contributed by atoms with van der Waals surface area (Å²) in [5.41, 5.74) is 6.71. The van der Waals surface area contributed by atoms with Crippen LogP contribution in [0.4, 0.5) is 11.6 Å². The van der Waals surface area contributed by atoms with E-state index in [9.17, 15) is 4.79 Å². The lowest BCUT2D eigenvalue weighted by molar-refractivity contribution is -0.117. The van der Waals surface area contributed by atoms with Crippen molar-refractivity contribution in [2.75, 3.05) is 37.0 Å². The zero-order chi connectivity index (χ0) is 16.2. The van der Waals surface area contributed by atoms with Crippen LogP contribution in [0.15, 0.2) is 0 Å². The van der Waals surface area contributed by atoms with Crippen molar-refractivity contribution in [3.63, 3.8) is 0 Å². The number of hydrogen-bond acceptors (Lipinski definition) is 6. The fourth-order valence-corrected chi connectivity index (χ4v) is 2.95. The van der Waals surface area contributed by atoms with Crippen molar-refractivity contribution in [3.8, 4) is 6.01 Å². The summed E-state index contributed by atoms with van der Waals surface area (Å²) < 4.78 is 10.9. The van der Waals surface area contributed by atoms with E-state index in [1.54, 1.807) is 4.90 Å². The number of nitrogens with zero attached hydrogens (tertiary/aromatic N) is 3. The number of nitrogen functional groups attached to an aromatic ring is 1. The molecular weight excluding hydrogens is 296 g/mol. The Balaban J connectivity index is 1.72. The van der Waals surface area contributed by atoms with Gasteiger partial charge < -0.3 is 15.2 Å². The number of amides is 1. The van der Waals surface area contributed by atoms with Gasteiger partial charge in [-0.25, -0.2) is 0 Å². The summed E-state index contributed by atoms with van der Waals surface area (Å²) in [4.78, 5) is 22.6. The maximum atomic E-state index is 12.3. The van der Waals surface area contributed by atoms with Gasteiger partial charge in [0.15, 0.2) is 0 Å². The van der Waals surface area contributed by atoms with Crippen LogP contribution in [0.1, 0.15) is 38.2 Å². The zero-order valence-corrected chi connectivity index (χ0v) is 13.6. The van der Waals surface area contributed by atoms with E-state index in [4.69, 9.17) is 15.2 Å². The predicted molar refractivity (Wildman–Crippen MR) is 86.4 cm³/mol. The standard InChI is InChI=1S/C16H24N4O3/c1-2-3-7-23-16-18-14(17)12-9-13(21)20(15(12)19-16)6-4-11-5-8-22-10-11/h11H,2-10H2,1H3,(H2,17,18,19)/t11-/m1/s1. The first kappa shape index (κ1) is 16.0. The topological polar surface area (TPSA) is 90.6 Å². The van der Waals surface area contributed by atoms with E-state index in [2.05, 4.69) is 16.9 Å². The van der Waals surface area contributed by atoms with E-state index in [0.717, 1.165) is 44.5 Å². The van der Waals surface area contributed by atoms with Gasteiger partial charge in [-0.1, -0.05) is 13.3 Å². The van der Waals surface area contributed by atoms with Gasteiger partial charge in [-0.05, 0) is 25.2 Å². The normalized spacial score (nSPS) is 20.1. The van der Waals surface area contributed by atoms with Crippen LogP contribution in [-0.2, 0) is 16.0 Å². The molecule has 2 aliphatic heterocycles. The molecule has 3 rings (SSSR count). The van der Waals surface area contributed by atoms with Gasteiger partial charge >= 0.3 is 6.01 Å². The molecule has 0 unspecified atom stereocenters. The third kappa shape index (κ3) is 3.55. The second-order valence-corrected chi connectivity index (χ2v) is 6.14. The van der Waals surface area contributed by atoms with Crippen LogP contribution >= 0.6 is 0 Å². The predicted octanol–water partition coefficient (Wildman–Crippen LogP) is 1.55. The lowest BCUT2D eigenvalue weighted by atomic mass is 10.1. The Bertz CT molecular complexity index is 573. The molecule has 0 bridgehead atoms. The Kier molecular flexibility index (Phi) is 4.95.